The van der Waals surface area contributed by atoms with E-state index in [-0.39, 0.29) is 11.7 Å². The topological polar surface area (TPSA) is 47.6 Å². The predicted octanol–water partition coefficient (Wildman–Crippen LogP) is 3.62. The molecule has 1 heterocycles. The van der Waals surface area contributed by atoms with Crippen LogP contribution in [0.5, 0.6) is 11.5 Å². The van der Waals surface area contributed by atoms with Crippen LogP contribution in [0.25, 0.3) is 6.08 Å². The first-order valence-electron chi connectivity index (χ1n) is 7.91. The van der Waals surface area contributed by atoms with Crippen molar-refractivity contribution in [2.45, 2.75) is 6.42 Å². The minimum atomic E-state index is -0.306. The van der Waals surface area contributed by atoms with Crippen LogP contribution in [0, 0.1) is 5.82 Å². The second kappa shape index (κ2) is 8.03. The van der Waals surface area contributed by atoms with Crippen molar-refractivity contribution >= 4 is 23.6 Å². The van der Waals surface area contributed by atoms with Gasteiger partial charge in [-0.1, -0.05) is 23.7 Å². The summed E-state index contributed by atoms with van der Waals surface area (Å²) in [6.45, 7) is 1.45. The Morgan fingerprint density at radius 1 is 1.20 bits per heavy atom. The highest BCUT2D eigenvalue weighted by Crippen LogP contribution is 2.38. The summed E-state index contributed by atoms with van der Waals surface area (Å²) in [5.41, 5.74) is 1.72. The van der Waals surface area contributed by atoms with E-state index in [0.717, 1.165) is 11.1 Å². The molecule has 6 heteroatoms. The Morgan fingerprint density at radius 2 is 1.96 bits per heavy atom. The van der Waals surface area contributed by atoms with Crippen molar-refractivity contribution in [3.05, 3.63) is 64.4 Å². The summed E-state index contributed by atoms with van der Waals surface area (Å²) in [5.74, 6) is 0.687. The van der Waals surface area contributed by atoms with Crippen LogP contribution in [0.2, 0.25) is 5.02 Å². The van der Waals surface area contributed by atoms with Crippen LogP contribution < -0.4 is 14.8 Å². The molecule has 1 amide bonds. The molecule has 0 saturated carbocycles. The van der Waals surface area contributed by atoms with Crippen LogP contribution in [0.1, 0.15) is 11.1 Å². The van der Waals surface area contributed by atoms with Gasteiger partial charge in [-0.05, 0) is 47.9 Å². The summed E-state index contributed by atoms with van der Waals surface area (Å²) in [6.07, 6.45) is 3.67. The molecule has 4 nitrogen and oxygen atoms in total. The minimum Gasteiger partial charge on any atom is -0.486 e. The molecule has 0 spiro atoms. The van der Waals surface area contributed by atoms with E-state index >= 15 is 0 Å². The van der Waals surface area contributed by atoms with E-state index in [1.165, 1.54) is 18.2 Å². The lowest BCUT2D eigenvalue weighted by Gasteiger charge is -2.20. The van der Waals surface area contributed by atoms with Crippen LogP contribution in [0.4, 0.5) is 4.39 Å². The van der Waals surface area contributed by atoms with E-state index in [1.807, 2.05) is 12.1 Å². The van der Waals surface area contributed by atoms with Gasteiger partial charge in [-0.2, -0.15) is 0 Å². The second-order valence-corrected chi connectivity index (χ2v) is 5.93. The van der Waals surface area contributed by atoms with Crippen molar-refractivity contribution in [3.8, 4) is 11.5 Å². The van der Waals surface area contributed by atoms with Crippen LogP contribution in [-0.4, -0.2) is 25.7 Å². The quantitative estimate of drug-likeness (QED) is 0.827. The third-order valence-corrected chi connectivity index (χ3v) is 3.95. The third-order valence-electron chi connectivity index (χ3n) is 3.67. The van der Waals surface area contributed by atoms with Crippen LogP contribution in [-0.2, 0) is 11.2 Å². The second-order valence-electron chi connectivity index (χ2n) is 5.53. The van der Waals surface area contributed by atoms with Crippen molar-refractivity contribution < 1.29 is 18.7 Å². The molecule has 0 unspecified atom stereocenters. The maximum absolute atomic E-state index is 12.8. The highest BCUT2D eigenvalue weighted by atomic mass is 35.5. The monoisotopic (exact) mass is 361 g/mol. The largest absolute Gasteiger partial charge is 0.486 e. The number of amides is 1. The van der Waals surface area contributed by atoms with Crippen molar-refractivity contribution in [1.82, 2.24) is 5.32 Å². The number of hydrogen-bond acceptors (Lipinski definition) is 3. The number of carbonyl (C=O) groups is 1. The smallest absolute Gasteiger partial charge is 0.244 e. The van der Waals surface area contributed by atoms with Gasteiger partial charge in [0.2, 0.25) is 5.91 Å². The number of nitrogens with one attached hydrogen (secondary N) is 1. The maximum atomic E-state index is 12.8. The Kier molecular flexibility index (Phi) is 5.56. The number of rotatable bonds is 5. The summed E-state index contributed by atoms with van der Waals surface area (Å²) in [6, 6.07) is 9.61. The number of ether oxygens (including phenoxy) is 2. The zero-order valence-corrected chi connectivity index (χ0v) is 14.2. The number of benzene rings is 2. The molecule has 2 aromatic carbocycles. The summed E-state index contributed by atoms with van der Waals surface area (Å²) < 4.78 is 23.8. The Morgan fingerprint density at radius 3 is 2.76 bits per heavy atom. The molecule has 1 aliphatic heterocycles. The molecule has 0 fully saturated rings. The minimum absolute atomic E-state index is 0.215. The molecule has 1 N–H and O–H groups in total. The van der Waals surface area contributed by atoms with Crippen molar-refractivity contribution in [1.29, 1.82) is 0 Å². The van der Waals surface area contributed by atoms with Crippen molar-refractivity contribution in [2.24, 2.45) is 0 Å². The fraction of sp³-hybridized carbons (Fsp3) is 0.211. The molecule has 1 aliphatic rings. The first kappa shape index (κ1) is 17.3. The molecule has 25 heavy (non-hydrogen) atoms. The first-order valence-corrected chi connectivity index (χ1v) is 8.29. The Bertz CT molecular complexity index is 790. The van der Waals surface area contributed by atoms with E-state index in [1.54, 1.807) is 18.2 Å². The van der Waals surface area contributed by atoms with Crippen LogP contribution >= 0.6 is 11.6 Å². The van der Waals surface area contributed by atoms with Crippen molar-refractivity contribution in [3.63, 3.8) is 0 Å². The highest BCUT2D eigenvalue weighted by molar-refractivity contribution is 6.32. The molecular weight excluding hydrogens is 345 g/mol. The van der Waals surface area contributed by atoms with Gasteiger partial charge in [0.15, 0.2) is 11.5 Å². The summed E-state index contributed by atoms with van der Waals surface area (Å²) in [7, 11) is 0. The lowest BCUT2D eigenvalue weighted by Crippen LogP contribution is -2.23. The first-order chi connectivity index (χ1) is 12.1. The lowest BCUT2D eigenvalue weighted by atomic mass is 10.1. The molecule has 0 atom stereocenters. The average molecular weight is 362 g/mol. The fourth-order valence-electron chi connectivity index (χ4n) is 2.44. The molecule has 0 bridgehead atoms. The van der Waals surface area contributed by atoms with Crippen molar-refractivity contribution in [2.75, 3.05) is 19.8 Å². The van der Waals surface area contributed by atoms with Gasteiger partial charge in [0.25, 0.3) is 0 Å². The van der Waals surface area contributed by atoms with E-state index in [2.05, 4.69) is 5.32 Å². The normalized spacial score (nSPS) is 13.0. The maximum Gasteiger partial charge on any atom is 0.244 e. The van der Waals surface area contributed by atoms with Gasteiger partial charge < -0.3 is 14.8 Å². The average Bonchev–Trinajstić information content (AvgIpc) is 2.61. The zero-order valence-electron chi connectivity index (χ0n) is 13.4. The number of carbonyl (C=O) groups excluding carboxylic acids is 1. The Hall–Kier alpha value is -2.53. The highest BCUT2D eigenvalue weighted by Gasteiger charge is 2.16. The van der Waals surface area contributed by atoms with Gasteiger partial charge in [0.1, 0.15) is 19.0 Å². The summed E-state index contributed by atoms with van der Waals surface area (Å²) >= 11 is 6.19. The summed E-state index contributed by atoms with van der Waals surface area (Å²) in [4.78, 5) is 11.8. The van der Waals surface area contributed by atoms with Gasteiger partial charge in [-0.25, -0.2) is 4.39 Å². The van der Waals surface area contributed by atoms with E-state index in [9.17, 15) is 9.18 Å². The van der Waals surface area contributed by atoms with Crippen LogP contribution in [0.3, 0.4) is 0 Å². The van der Waals surface area contributed by atoms with Gasteiger partial charge >= 0.3 is 0 Å². The summed E-state index contributed by atoms with van der Waals surface area (Å²) in [5, 5.41) is 3.31. The van der Waals surface area contributed by atoms with Gasteiger partial charge in [-0.15, -0.1) is 0 Å². The molecular formula is C19H17ClFNO3. The van der Waals surface area contributed by atoms with Gasteiger partial charge in [0.05, 0.1) is 5.02 Å². The lowest BCUT2D eigenvalue weighted by molar-refractivity contribution is -0.116. The molecule has 3 rings (SSSR count). The van der Waals surface area contributed by atoms with Gasteiger partial charge in [-0.3, -0.25) is 4.79 Å². The van der Waals surface area contributed by atoms with E-state index in [0.29, 0.717) is 42.7 Å². The third kappa shape index (κ3) is 4.73. The Labute approximate surface area is 150 Å². The zero-order chi connectivity index (χ0) is 17.6. The van der Waals surface area contributed by atoms with Crippen LogP contribution in [0.15, 0.2) is 42.5 Å². The number of halogens is 2. The Balaban J connectivity index is 1.51. The molecule has 0 saturated heterocycles. The number of hydrogen-bond donors (Lipinski definition) is 1. The standard InChI is InChI=1S/C19H17ClFNO3/c20-16-11-14(12-17-19(16)25-10-9-24-17)7-8-22-18(23)6-3-13-1-4-15(21)5-2-13/h1-6,11-12H,7-10H2,(H,22,23). The van der Waals surface area contributed by atoms with E-state index in [4.69, 9.17) is 21.1 Å². The molecule has 0 aromatic heterocycles. The molecule has 2 aromatic rings. The SMILES string of the molecule is O=C(C=Cc1ccc(F)cc1)NCCc1cc(Cl)c2c(c1)OCCO2. The van der Waals surface area contributed by atoms with E-state index < -0.39 is 0 Å². The molecule has 0 aliphatic carbocycles. The van der Waals surface area contributed by atoms with Gasteiger partial charge in [0, 0.05) is 12.6 Å². The predicted molar refractivity (Wildman–Crippen MR) is 94.6 cm³/mol. The number of fused-ring (bicyclic) bond motifs is 1. The molecule has 0 radical (unpaired) electrons. The fourth-order valence-corrected chi connectivity index (χ4v) is 2.73. The molecule has 130 valence electrons.